The Morgan fingerprint density at radius 1 is 1.60 bits per heavy atom. The molecule has 1 amide bonds. The number of carbonyl (C=O) groups excluding carboxylic acids is 1. The van der Waals surface area contributed by atoms with Gasteiger partial charge in [0.25, 0.3) is 5.91 Å². The molecule has 15 heavy (non-hydrogen) atoms. The first-order valence-corrected chi connectivity index (χ1v) is 4.49. The lowest BCUT2D eigenvalue weighted by molar-refractivity contribution is -0.0756. The normalized spacial score (nSPS) is 9.47. The number of nitrogens with zero attached hydrogens (tertiary/aromatic N) is 2. The largest absolute Gasteiger partial charge is 0.278 e. The lowest BCUT2D eigenvalue weighted by atomic mass is 10.1. The van der Waals surface area contributed by atoms with E-state index in [2.05, 4.69) is 0 Å². The Labute approximate surface area is 92.6 Å². The summed E-state index contributed by atoms with van der Waals surface area (Å²) in [5.74, 6) is -0.355. The number of carbonyl (C=O) groups is 1. The molecular formula is C10H9ClN2O2. The van der Waals surface area contributed by atoms with Gasteiger partial charge in [-0.25, -0.2) is 5.06 Å². The molecule has 0 aliphatic heterocycles. The zero-order valence-corrected chi connectivity index (χ0v) is 9.08. The minimum atomic E-state index is -0.355. The molecule has 0 saturated heterocycles. The van der Waals surface area contributed by atoms with Crippen molar-refractivity contribution in [3.63, 3.8) is 0 Å². The molecule has 0 fully saturated rings. The number of hydrogen-bond acceptors (Lipinski definition) is 3. The maximum atomic E-state index is 11.6. The average molecular weight is 225 g/mol. The van der Waals surface area contributed by atoms with Gasteiger partial charge >= 0.3 is 0 Å². The molecule has 0 heterocycles. The van der Waals surface area contributed by atoms with Gasteiger partial charge in [0, 0.05) is 7.05 Å². The summed E-state index contributed by atoms with van der Waals surface area (Å²) in [4.78, 5) is 16.4. The van der Waals surface area contributed by atoms with Gasteiger partial charge in [0.1, 0.15) is 0 Å². The Morgan fingerprint density at radius 3 is 2.73 bits per heavy atom. The highest BCUT2D eigenvalue weighted by Crippen LogP contribution is 2.18. The highest BCUT2D eigenvalue weighted by molar-refractivity contribution is 6.33. The summed E-state index contributed by atoms with van der Waals surface area (Å²) in [6.07, 6.45) is 0. The van der Waals surface area contributed by atoms with Crippen molar-refractivity contribution < 1.29 is 9.63 Å². The summed E-state index contributed by atoms with van der Waals surface area (Å²) in [7, 11) is 2.87. The Kier molecular flexibility index (Phi) is 3.67. The number of nitriles is 1. The van der Waals surface area contributed by atoms with Gasteiger partial charge in [0.2, 0.25) is 0 Å². The van der Waals surface area contributed by atoms with Gasteiger partial charge in [0.15, 0.2) is 0 Å². The fraction of sp³-hybridized carbons (Fsp3) is 0.200. The van der Waals surface area contributed by atoms with E-state index in [0.29, 0.717) is 11.1 Å². The number of hydrogen-bond donors (Lipinski definition) is 0. The van der Waals surface area contributed by atoms with Crippen LogP contribution in [-0.2, 0) is 4.84 Å². The van der Waals surface area contributed by atoms with Crippen molar-refractivity contribution in [1.29, 1.82) is 5.26 Å². The molecule has 1 aromatic rings. The van der Waals surface area contributed by atoms with Gasteiger partial charge in [-0.2, -0.15) is 5.26 Å². The molecule has 4 nitrogen and oxygen atoms in total. The second-order valence-electron chi connectivity index (χ2n) is 2.79. The van der Waals surface area contributed by atoms with Crippen LogP contribution in [0, 0.1) is 11.3 Å². The zero-order chi connectivity index (χ0) is 11.4. The van der Waals surface area contributed by atoms with E-state index in [1.165, 1.54) is 32.4 Å². The predicted molar refractivity (Wildman–Crippen MR) is 55.3 cm³/mol. The van der Waals surface area contributed by atoms with Crippen molar-refractivity contribution in [3.8, 4) is 6.07 Å². The highest BCUT2D eigenvalue weighted by Gasteiger charge is 2.14. The van der Waals surface area contributed by atoms with Crippen LogP contribution < -0.4 is 0 Å². The zero-order valence-electron chi connectivity index (χ0n) is 8.32. The van der Waals surface area contributed by atoms with Crippen LogP contribution in [0.3, 0.4) is 0 Å². The summed E-state index contributed by atoms with van der Waals surface area (Å²) >= 11 is 5.85. The summed E-state index contributed by atoms with van der Waals surface area (Å²) in [5, 5.41) is 9.92. The molecule has 1 rings (SSSR count). The van der Waals surface area contributed by atoms with Gasteiger partial charge < -0.3 is 0 Å². The SMILES string of the molecule is CON(C)C(=O)c1ccc(C#N)cc1Cl. The second-order valence-corrected chi connectivity index (χ2v) is 3.20. The van der Waals surface area contributed by atoms with E-state index in [1.54, 1.807) is 0 Å². The topological polar surface area (TPSA) is 53.3 Å². The van der Waals surface area contributed by atoms with E-state index in [-0.39, 0.29) is 10.9 Å². The van der Waals surface area contributed by atoms with Crippen LogP contribution in [-0.4, -0.2) is 25.1 Å². The minimum absolute atomic E-state index is 0.239. The molecule has 0 aliphatic rings. The number of benzene rings is 1. The third-order valence-corrected chi connectivity index (χ3v) is 2.20. The Morgan fingerprint density at radius 2 is 2.27 bits per heavy atom. The Balaban J connectivity index is 3.07. The van der Waals surface area contributed by atoms with Crippen molar-refractivity contribution >= 4 is 17.5 Å². The van der Waals surface area contributed by atoms with Crippen LogP contribution in [0.2, 0.25) is 5.02 Å². The number of hydroxylamine groups is 2. The Bertz CT molecular complexity index is 426. The van der Waals surface area contributed by atoms with Gasteiger partial charge in [-0.3, -0.25) is 9.63 Å². The third-order valence-electron chi connectivity index (χ3n) is 1.89. The first kappa shape index (κ1) is 11.5. The average Bonchev–Trinajstić information content (AvgIpc) is 2.26. The van der Waals surface area contributed by atoms with E-state index >= 15 is 0 Å². The van der Waals surface area contributed by atoms with E-state index in [9.17, 15) is 4.79 Å². The van der Waals surface area contributed by atoms with Gasteiger partial charge in [0.05, 0.1) is 29.3 Å². The fourth-order valence-corrected chi connectivity index (χ4v) is 1.27. The van der Waals surface area contributed by atoms with E-state index in [0.717, 1.165) is 5.06 Å². The van der Waals surface area contributed by atoms with Crippen molar-refractivity contribution in [2.45, 2.75) is 0 Å². The first-order chi connectivity index (χ1) is 7.10. The lowest BCUT2D eigenvalue weighted by Crippen LogP contribution is -2.25. The number of halogens is 1. The van der Waals surface area contributed by atoms with Crippen LogP contribution in [0.15, 0.2) is 18.2 Å². The molecule has 0 aliphatic carbocycles. The highest BCUT2D eigenvalue weighted by atomic mass is 35.5. The molecule has 0 atom stereocenters. The maximum absolute atomic E-state index is 11.6. The fourth-order valence-electron chi connectivity index (χ4n) is 1.01. The van der Waals surface area contributed by atoms with Crippen LogP contribution in [0.5, 0.6) is 0 Å². The van der Waals surface area contributed by atoms with Gasteiger partial charge in [-0.05, 0) is 18.2 Å². The summed E-state index contributed by atoms with van der Waals surface area (Å²) in [6, 6.07) is 6.41. The summed E-state index contributed by atoms with van der Waals surface area (Å²) in [6.45, 7) is 0. The van der Waals surface area contributed by atoms with Crippen LogP contribution >= 0.6 is 11.6 Å². The Hall–Kier alpha value is -1.57. The van der Waals surface area contributed by atoms with Crippen molar-refractivity contribution in [2.75, 3.05) is 14.2 Å². The van der Waals surface area contributed by atoms with Crippen LogP contribution in [0.25, 0.3) is 0 Å². The number of amides is 1. The summed E-state index contributed by atoms with van der Waals surface area (Å²) in [5.41, 5.74) is 0.719. The second kappa shape index (κ2) is 4.78. The van der Waals surface area contributed by atoms with Gasteiger partial charge in [-0.1, -0.05) is 11.6 Å². The van der Waals surface area contributed by atoms with E-state index in [1.807, 2.05) is 6.07 Å². The molecule has 0 bridgehead atoms. The lowest BCUT2D eigenvalue weighted by Gasteiger charge is -2.14. The van der Waals surface area contributed by atoms with E-state index in [4.69, 9.17) is 21.7 Å². The van der Waals surface area contributed by atoms with E-state index < -0.39 is 0 Å². The van der Waals surface area contributed by atoms with Crippen molar-refractivity contribution in [3.05, 3.63) is 34.3 Å². The molecule has 0 N–H and O–H groups in total. The monoisotopic (exact) mass is 224 g/mol. The minimum Gasteiger partial charge on any atom is -0.274 e. The number of rotatable bonds is 2. The summed E-state index contributed by atoms with van der Waals surface area (Å²) < 4.78 is 0. The van der Waals surface area contributed by atoms with Crippen molar-refractivity contribution in [2.24, 2.45) is 0 Å². The van der Waals surface area contributed by atoms with Crippen LogP contribution in [0.1, 0.15) is 15.9 Å². The smallest absolute Gasteiger partial charge is 0.274 e. The molecule has 0 radical (unpaired) electrons. The van der Waals surface area contributed by atoms with Crippen LogP contribution in [0.4, 0.5) is 0 Å². The molecule has 0 saturated carbocycles. The third kappa shape index (κ3) is 2.46. The quantitative estimate of drug-likeness (QED) is 0.721. The first-order valence-electron chi connectivity index (χ1n) is 4.12. The molecule has 0 spiro atoms. The molecule has 0 aromatic heterocycles. The predicted octanol–water partition coefficient (Wildman–Crippen LogP) is 1.85. The molecule has 5 heteroatoms. The molecule has 0 unspecified atom stereocenters. The molecule has 78 valence electrons. The molecular weight excluding hydrogens is 216 g/mol. The van der Waals surface area contributed by atoms with Crippen molar-refractivity contribution in [1.82, 2.24) is 5.06 Å². The standard InChI is InChI=1S/C10H9ClN2O2/c1-13(15-2)10(14)8-4-3-7(6-12)5-9(8)11/h3-5H,1-2H3. The molecule has 1 aromatic carbocycles. The maximum Gasteiger partial charge on any atom is 0.278 e. The van der Waals surface area contributed by atoms with Gasteiger partial charge in [-0.15, -0.1) is 0 Å².